The topological polar surface area (TPSA) is 86.1 Å². The van der Waals surface area contributed by atoms with Crippen molar-refractivity contribution in [1.82, 2.24) is 10.6 Å². The van der Waals surface area contributed by atoms with Gasteiger partial charge in [0, 0.05) is 13.1 Å². The molecule has 17 heavy (non-hydrogen) atoms. The summed E-state index contributed by atoms with van der Waals surface area (Å²) in [5.74, 6) is 0. The highest BCUT2D eigenvalue weighted by molar-refractivity contribution is 8.14. The predicted molar refractivity (Wildman–Crippen MR) is 67.1 cm³/mol. The van der Waals surface area contributed by atoms with E-state index in [-0.39, 0.29) is 11.5 Å². The number of hydrogen-bond donors (Lipinski definition) is 4. The molecular weight excluding hydrogens is 242 g/mol. The molecule has 1 saturated heterocycles. The molecule has 0 bridgehead atoms. The number of amidine groups is 1. The van der Waals surface area contributed by atoms with Crippen LogP contribution in [0.2, 0.25) is 0 Å². The Bertz CT molecular complexity index is 315. The summed E-state index contributed by atoms with van der Waals surface area (Å²) < 4.78 is 5.81. The van der Waals surface area contributed by atoms with E-state index < -0.39 is 24.4 Å². The van der Waals surface area contributed by atoms with E-state index >= 15 is 0 Å². The van der Waals surface area contributed by atoms with Crippen molar-refractivity contribution in [3.63, 3.8) is 0 Å². The van der Waals surface area contributed by atoms with Crippen molar-refractivity contribution >= 4 is 16.9 Å². The van der Waals surface area contributed by atoms with Crippen LogP contribution in [0, 0.1) is 0 Å². The van der Waals surface area contributed by atoms with Crippen LogP contribution in [0.1, 0.15) is 6.92 Å². The largest absolute Gasteiger partial charge is 0.388 e. The Balaban J connectivity index is 2.12. The molecule has 1 fully saturated rings. The van der Waals surface area contributed by atoms with Crippen molar-refractivity contribution in [2.24, 2.45) is 4.99 Å². The van der Waals surface area contributed by atoms with Crippen molar-refractivity contribution < 1.29 is 14.9 Å². The number of ether oxygens (including phenoxy) is 1. The molecule has 2 heterocycles. The molecule has 1 unspecified atom stereocenters. The summed E-state index contributed by atoms with van der Waals surface area (Å²) in [5.41, 5.74) is -0.225. The van der Waals surface area contributed by atoms with Crippen LogP contribution in [-0.2, 0) is 4.74 Å². The molecule has 2 aliphatic rings. The normalized spacial score (nSPS) is 42.9. The van der Waals surface area contributed by atoms with Gasteiger partial charge >= 0.3 is 0 Å². The molecular formula is C10H19N3O3S. The van der Waals surface area contributed by atoms with Crippen molar-refractivity contribution in [2.45, 2.75) is 42.8 Å². The van der Waals surface area contributed by atoms with E-state index in [4.69, 9.17) is 4.74 Å². The van der Waals surface area contributed by atoms with Gasteiger partial charge in [-0.2, -0.15) is 0 Å². The molecule has 0 amide bonds. The standard InChI is InChI=1S/C10H19N3O3S/c1-4(11-2)8-7(15)6(14)5-9(16-8)17-10(12-3)13-5/h4-9,11,14-15H,1-3H3,(H,12,13)/t4-,5+,6+,7-,8?,9+/m0/s1. The predicted octanol–water partition coefficient (Wildman–Crippen LogP) is -1.27. The third-order valence-corrected chi connectivity index (χ3v) is 4.42. The molecule has 6 atom stereocenters. The minimum Gasteiger partial charge on any atom is -0.388 e. The Morgan fingerprint density at radius 2 is 2.06 bits per heavy atom. The van der Waals surface area contributed by atoms with E-state index in [0.29, 0.717) is 0 Å². The second-order valence-electron chi connectivity index (χ2n) is 4.32. The number of nitrogens with one attached hydrogen (secondary N) is 2. The van der Waals surface area contributed by atoms with Crippen LogP contribution in [0.3, 0.4) is 0 Å². The molecule has 2 aliphatic heterocycles. The SMILES string of the molecule is CNC1=N[C@@H]2[C@@H](O)[C@H](O)C([C@H](C)NC)O[C@@H]2S1. The Morgan fingerprint density at radius 1 is 1.35 bits per heavy atom. The average Bonchev–Trinajstić information content (AvgIpc) is 2.76. The molecule has 0 aliphatic carbocycles. The summed E-state index contributed by atoms with van der Waals surface area (Å²) in [6.07, 6.45) is -2.22. The van der Waals surface area contributed by atoms with Gasteiger partial charge in [-0.3, -0.25) is 4.99 Å². The van der Waals surface area contributed by atoms with Crippen LogP contribution < -0.4 is 10.6 Å². The fourth-order valence-corrected chi connectivity index (χ4v) is 3.15. The van der Waals surface area contributed by atoms with Crippen LogP contribution >= 0.6 is 11.8 Å². The number of likely N-dealkylation sites (N-methyl/N-ethyl adjacent to an activating group) is 1. The second-order valence-corrected chi connectivity index (χ2v) is 5.41. The summed E-state index contributed by atoms with van der Waals surface area (Å²) >= 11 is 1.45. The van der Waals surface area contributed by atoms with Gasteiger partial charge in [0.1, 0.15) is 29.8 Å². The Kier molecular flexibility index (Phi) is 3.94. The Hall–Kier alpha value is -0.340. The molecule has 4 N–H and O–H groups in total. The fourth-order valence-electron chi connectivity index (χ4n) is 2.09. The minimum atomic E-state index is -0.917. The molecule has 2 rings (SSSR count). The molecule has 0 aromatic heterocycles. The number of hydrogen-bond acceptors (Lipinski definition) is 7. The lowest BCUT2D eigenvalue weighted by molar-refractivity contribution is -0.160. The van der Waals surface area contributed by atoms with Crippen molar-refractivity contribution in [3.8, 4) is 0 Å². The van der Waals surface area contributed by atoms with Gasteiger partial charge in [0.2, 0.25) is 0 Å². The first-order chi connectivity index (χ1) is 8.08. The molecule has 0 spiro atoms. The van der Waals surface area contributed by atoms with Gasteiger partial charge in [-0.05, 0) is 14.0 Å². The van der Waals surface area contributed by atoms with Gasteiger partial charge in [-0.15, -0.1) is 0 Å². The maximum absolute atomic E-state index is 10.1. The minimum absolute atomic E-state index is 0.0279. The van der Waals surface area contributed by atoms with Crippen molar-refractivity contribution in [1.29, 1.82) is 0 Å². The number of aliphatic hydroxyl groups excluding tert-OH is 2. The maximum atomic E-state index is 10.1. The number of rotatable bonds is 2. The van der Waals surface area contributed by atoms with Gasteiger partial charge in [0.05, 0.1) is 0 Å². The Labute approximate surface area is 105 Å². The summed E-state index contributed by atoms with van der Waals surface area (Å²) in [5, 5.41) is 26.8. The monoisotopic (exact) mass is 261 g/mol. The Morgan fingerprint density at radius 3 is 2.65 bits per heavy atom. The zero-order chi connectivity index (χ0) is 12.6. The third kappa shape index (κ3) is 2.30. The molecule has 7 heteroatoms. The van der Waals surface area contributed by atoms with Gasteiger partial charge < -0.3 is 25.6 Å². The molecule has 0 aromatic rings. The van der Waals surface area contributed by atoms with Crippen LogP contribution in [0.25, 0.3) is 0 Å². The molecule has 0 radical (unpaired) electrons. The molecule has 6 nitrogen and oxygen atoms in total. The smallest absolute Gasteiger partial charge is 0.159 e. The van der Waals surface area contributed by atoms with Gasteiger partial charge in [-0.25, -0.2) is 0 Å². The molecule has 98 valence electrons. The van der Waals surface area contributed by atoms with Gasteiger partial charge in [0.25, 0.3) is 0 Å². The van der Waals surface area contributed by atoms with E-state index in [1.54, 1.807) is 14.1 Å². The first kappa shape index (κ1) is 13.1. The molecule has 0 aromatic carbocycles. The number of aliphatic imine (C=N–C) groups is 1. The summed E-state index contributed by atoms with van der Waals surface area (Å²) in [6.45, 7) is 1.92. The first-order valence-corrected chi connectivity index (χ1v) is 6.57. The van der Waals surface area contributed by atoms with Crippen LogP contribution in [0.4, 0.5) is 0 Å². The van der Waals surface area contributed by atoms with E-state index in [0.717, 1.165) is 5.17 Å². The number of fused-ring (bicyclic) bond motifs is 1. The van der Waals surface area contributed by atoms with Crippen LogP contribution in [0.5, 0.6) is 0 Å². The highest BCUT2D eigenvalue weighted by Gasteiger charge is 2.49. The first-order valence-electron chi connectivity index (χ1n) is 5.69. The van der Waals surface area contributed by atoms with E-state index in [2.05, 4.69) is 15.6 Å². The third-order valence-electron chi connectivity index (χ3n) is 3.26. The van der Waals surface area contributed by atoms with E-state index in [9.17, 15) is 10.2 Å². The van der Waals surface area contributed by atoms with Crippen LogP contribution in [0.15, 0.2) is 4.99 Å². The fraction of sp³-hybridized carbons (Fsp3) is 0.900. The van der Waals surface area contributed by atoms with E-state index in [1.807, 2.05) is 6.92 Å². The zero-order valence-electron chi connectivity index (χ0n) is 10.1. The van der Waals surface area contributed by atoms with Crippen molar-refractivity contribution in [2.75, 3.05) is 14.1 Å². The summed E-state index contributed by atoms with van der Waals surface area (Å²) in [4.78, 5) is 4.29. The lowest BCUT2D eigenvalue weighted by Gasteiger charge is -2.40. The number of nitrogens with zero attached hydrogens (tertiary/aromatic N) is 1. The lowest BCUT2D eigenvalue weighted by Crippen LogP contribution is -2.59. The van der Waals surface area contributed by atoms with Gasteiger partial charge in [0.15, 0.2) is 5.17 Å². The van der Waals surface area contributed by atoms with Crippen LogP contribution in [-0.4, -0.2) is 65.3 Å². The average molecular weight is 261 g/mol. The zero-order valence-corrected chi connectivity index (χ0v) is 10.9. The lowest BCUT2D eigenvalue weighted by atomic mass is 9.94. The number of thioether (sulfide) groups is 1. The summed E-state index contributed by atoms with van der Waals surface area (Å²) in [6, 6.07) is -0.419. The van der Waals surface area contributed by atoms with Crippen molar-refractivity contribution in [3.05, 3.63) is 0 Å². The second kappa shape index (κ2) is 5.11. The summed E-state index contributed by atoms with van der Waals surface area (Å²) in [7, 11) is 3.58. The quantitative estimate of drug-likeness (QED) is 0.496. The maximum Gasteiger partial charge on any atom is 0.159 e. The van der Waals surface area contributed by atoms with Gasteiger partial charge in [-0.1, -0.05) is 11.8 Å². The number of aliphatic hydroxyl groups is 2. The van der Waals surface area contributed by atoms with E-state index in [1.165, 1.54) is 11.8 Å². The molecule has 0 saturated carbocycles. The highest BCUT2D eigenvalue weighted by Crippen LogP contribution is 2.36. The highest BCUT2D eigenvalue weighted by atomic mass is 32.2.